The summed E-state index contributed by atoms with van der Waals surface area (Å²) in [5.41, 5.74) is 7.80. The Morgan fingerprint density at radius 2 is 2.19 bits per heavy atom. The molecule has 0 aliphatic heterocycles. The van der Waals surface area contributed by atoms with E-state index in [0.717, 1.165) is 26.5 Å². The molecule has 1 aromatic heterocycles. The van der Waals surface area contributed by atoms with Gasteiger partial charge in [0.05, 0.1) is 0 Å². The van der Waals surface area contributed by atoms with Crippen molar-refractivity contribution in [2.24, 2.45) is 5.73 Å². The zero-order valence-electron chi connectivity index (χ0n) is 8.90. The highest BCUT2D eigenvalue weighted by atomic mass is 79.9. The molecule has 0 fully saturated rings. The second-order valence-electron chi connectivity index (χ2n) is 3.52. The maximum atomic E-state index is 5.49. The number of aromatic nitrogens is 2. The van der Waals surface area contributed by atoms with E-state index >= 15 is 0 Å². The predicted molar refractivity (Wildman–Crippen MR) is 70.5 cm³/mol. The summed E-state index contributed by atoms with van der Waals surface area (Å²) in [6.45, 7) is 2.68. The molecule has 2 aromatic rings. The third-order valence-corrected chi connectivity index (χ3v) is 3.85. The van der Waals surface area contributed by atoms with Gasteiger partial charge in [0.2, 0.25) is 0 Å². The number of nitrogens with zero attached hydrogens (tertiary/aromatic N) is 2. The largest absolute Gasteiger partial charge is 0.330 e. The van der Waals surface area contributed by atoms with Gasteiger partial charge in [-0.25, -0.2) is 0 Å². The SMILES string of the molecule is Cc1ccc(-c2nnc(CCN)s2)c(Br)c1. The molecule has 3 nitrogen and oxygen atoms in total. The molecule has 0 saturated carbocycles. The van der Waals surface area contributed by atoms with Crippen LogP contribution in [0, 0.1) is 6.92 Å². The van der Waals surface area contributed by atoms with E-state index in [1.54, 1.807) is 11.3 Å². The molecular formula is C11H12BrN3S. The smallest absolute Gasteiger partial charge is 0.148 e. The zero-order valence-corrected chi connectivity index (χ0v) is 11.3. The third kappa shape index (κ3) is 2.48. The summed E-state index contributed by atoms with van der Waals surface area (Å²) in [7, 11) is 0. The molecule has 1 aromatic carbocycles. The van der Waals surface area contributed by atoms with Crippen molar-refractivity contribution in [3.05, 3.63) is 33.2 Å². The van der Waals surface area contributed by atoms with Crippen LogP contribution in [0.4, 0.5) is 0 Å². The third-order valence-electron chi connectivity index (χ3n) is 2.18. The van der Waals surface area contributed by atoms with Crippen LogP contribution in [0.15, 0.2) is 22.7 Å². The molecule has 2 rings (SSSR count). The van der Waals surface area contributed by atoms with Gasteiger partial charge in [0.1, 0.15) is 10.0 Å². The van der Waals surface area contributed by atoms with Gasteiger partial charge in [-0.2, -0.15) is 0 Å². The molecule has 0 unspecified atom stereocenters. The molecule has 0 aliphatic carbocycles. The van der Waals surface area contributed by atoms with E-state index in [9.17, 15) is 0 Å². The summed E-state index contributed by atoms with van der Waals surface area (Å²) in [6, 6.07) is 6.22. The zero-order chi connectivity index (χ0) is 11.5. The van der Waals surface area contributed by atoms with Gasteiger partial charge >= 0.3 is 0 Å². The van der Waals surface area contributed by atoms with Gasteiger partial charge in [0, 0.05) is 16.5 Å². The van der Waals surface area contributed by atoms with Crippen molar-refractivity contribution >= 4 is 27.3 Å². The molecule has 0 saturated heterocycles. The minimum atomic E-state index is 0.615. The van der Waals surface area contributed by atoms with E-state index in [1.807, 2.05) is 0 Å². The molecule has 0 amide bonds. The molecular weight excluding hydrogens is 286 g/mol. The molecule has 16 heavy (non-hydrogen) atoms. The molecule has 0 spiro atoms. The highest BCUT2D eigenvalue weighted by Gasteiger charge is 2.09. The van der Waals surface area contributed by atoms with Crippen LogP contribution >= 0.6 is 27.3 Å². The fourth-order valence-electron chi connectivity index (χ4n) is 1.38. The van der Waals surface area contributed by atoms with Crippen LogP contribution in [-0.4, -0.2) is 16.7 Å². The standard InChI is InChI=1S/C11H12BrN3S/c1-7-2-3-8(9(12)6-7)11-15-14-10(16-11)4-5-13/h2-3,6H,4-5,13H2,1H3. The van der Waals surface area contributed by atoms with Crippen LogP contribution in [0.3, 0.4) is 0 Å². The molecule has 1 heterocycles. The fourth-order valence-corrected chi connectivity index (χ4v) is 3.09. The van der Waals surface area contributed by atoms with Crippen molar-refractivity contribution < 1.29 is 0 Å². The lowest BCUT2D eigenvalue weighted by atomic mass is 10.2. The first-order valence-electron chi connectivity index (χ1n) is 4.99. The number of aryl methyl sites for hydroxylation is 1. The van der Waals surface area contributed by atoms with Gasteiger partial charge in [0.15, 0.2) is 0 Å². The van der Waals surface area contributed by atoms with Crippen LogP contribution in [0.2, 0.25) is 0 Å². The van der Waals surface area contributed by atoms with E-state index in [4.69, 9.17) is 5.73 Å². The molecule has 0 radical (unpaired) electrons. The van der Waals surface area contributed by atoms with E-state index in [0.29, 0.717) is 6.54 Å². The van der Waals surface area contributed by atoms with Gasteiger partial charge in [-0.1, -0.05) is 39.4 Å². The number of hydrogen-bond acceptors (Lipinski definition) is 4. The monoisotopic (exact) mass is 297 g/mol. The van der Waals surface area contributed by atoms with E-state index < -0.39 is 0 Å². The second-order valence-corrected chi connectivity index (χ2v) is 5.44. The van der Waals surface area contributed by atoms with Gasteiger partial charge in [-0.05, 0) is 25.1 Å². The number of benzene rings is 1. The van der Waals surface area contributed by atoms with E-state index in [2.05, 4.69) is 51.3 Å². The first kappa shape index (κ1) is 11.7. The normalized spacial score (nSPS) is 10.7. The summed E-state index contributed by atoms with van der Waals surface area (Å²) in [5, 5.41) is 10.2. The second kappa shape index (κ2) is 5.03. The number of nitrogens with two attached hydrogens (primary N) is 1. The Bertz CT molecular complexity index is 496. The maximum Gasteiger partial charge on any atom is 0.148 e. The van der Waals surface area contributed by atoms with Crippen LogP contribution in [-0.2, 0) is 6.42 Å². The minimum Gasteiger partial charge on any atom is -0.330 e. The van der Waals surface area contributed by atoms with Crippen LogP contribution in [0.1, 0.15) is 10.6 Å². The van der Waals surface area contributed by atoms with Crippen molar-refractivity contribution in [3.8, 4) is 10.6 Å². The Morgan fingerprint density at radius 1 is 1.38 bits per heavy atom. The first-order chi connectivity index (χ1) is 7.70. The summed E-state index contributed by atoms with van der Waals surface area (Å²) < 4.78 is 1.06. The van der Waals surface area contributed by atoms with Crippen LogP contribution in [0.5, 0.6) is 0 Å². The lowest BCUT2D eigenvalue weighted by Crippen LogP contribution is -2.01. The number of rotatable bonds is 3. The quantitative estimate of drug-likeness (QED) is 0.948. The topological polar surface area (TPSA) is 51.8 Å². The predicted octanol–water partition coefficient (Wildman–Crippen LogP) is 2.78. The molecule has 5 heteroatoms. The minimum absolute atomic E-state index is 0.615. The van der Waals surface area contributed by atoms with Crippen molar-refractivity contribution in [2.75, 3.05) is 6.54 Å². The Hall–Kier alpha value is -0.780. The van der Waals surface area contributed by atoms with E-state index in [1.165, 1.54) is 5.56 Å². The molecule has 0 aliphatic rings. The number of halogens is 1. The average Bonchev–Trinajstić information content (AvgIpc) is 2.67. The Balaban J connectivity index is 2.35. The van der Waals surface area contributed by atoms with Crippen LogP contribution < -0.4 is 5.73 Å². The Kier molecular flexibility index (Phi) is 3.68. The lowest BCUT2D eigenvalue weighted by molar-refractivity contribution is 0.913. The van der Waals surface area contributed by atoms with Crippen molar-refractivity contribution in [3.63, 3.8) is 0 Å². The van der Waals surface area contributed by atoms with Gasteiger partial charge in [-0.15, -0.1) is 10.2 Å². The first-order valence-corrected chi connectivity index (χ1v) is 6.60. The summed E-state index contributed by atoms with van der Waals surface area (Å²) in [6.07, 6.45) is 0.793. The van der Waals surface area contributed by atoms with Gasteiger partial charge in [-0.3, -0.25) is 0 Å². The highest BCUT2D eigenvalue weighted by Crippen LogP contribution is 2.31. The van der Waals surface area contributed by atoms with Gasteiger partial charge in [0.25, 0.3) is 0 Å². The number of hydrogen-bond donors (Lipinski definition) is 1. The molecule has 2 N–H and O–H groups in total. The summed E-state index contributed by atoms with van der Waals surface area (Å²) in [4.78, 5) is 0. The molecule has 0 atom stereocenters. The Labute approximate surface area is 107 Å². The van der Waals surface area contributed by atoms with Crippen molar-refractivity contribution in [1.29, 1.82) is 0 Å². The molecule has 0 bridgehead atoms. The Morgan fingerprint density at radius 3 is 2.88 bits per heavy atom. The van der Waals surface area contributed by atoms with Crippen molar-refractivity contribution in [1.82, 2.24) is 10.2 Å². The highest BCUT2D eigenvalue weighted by molar-refractivity contribution is 9.10. The summed E-state index contributed by atoms with van der Waals surface area (Å²) >= 11 is 5.14. The van der Waals surface area contributed by atoms with E-state index in [-0.39, 0.29) is 0 Å². The summed E-state index contributed by atoms with van der Waals surface area (Å²) in [5.74, 6) is 0. The van der Waals surface area contributed by atoms with Gasteiger partial charge < -0.3 is 5.73 Å². The van der Waals surface area contributed by atoms with Crippen molar-refractivity contribution in [2.45, 2.75) is 13.3 Å². The lowest BCUT2D eigenvalue weighted by Gasteiger charge is -2.00. The molecule has 84 valence electrons. The maximum absolute atomic E-state index is 5.49. The average molecular weight is 298 g/mol. The van der Waals surface area contributed by atoms with Crippen LogP contribution in [0.25, 0.3) is 10.6 Å². The fraction of sp³-hybridized carbons (Fsp3) is 0.273.